The molecule has 0 radical (unpaired) electrons. The molecular formula is C18H17Cl2NO3. The van der Waals surface area contributed by atoms with Gasteiger partial charge in [0.15, 0.2) is 0 Å². The van der Waals surface area contributed by atoms with E-state index in [-0.39, 0.29) is 12.0 Å². The highest BCUT2D eigenvalue weighted by atomic mass is 35.5. The van der Waals surface area contributed by atoms with Crippen LogP contribution in [0.5, 0.6) is 5.75 Å². The fraction of sp³-hybridized carbons (Fsp3) is 0.278. The number of halogens is 2. The molecule has 0 spiro atoms. The lowest BCUT2D eigenvalue weighted by molar-refractivity contribution is -0.0227. The molecule has 0 saturated carbocycles. The number of morpholine rings is 1. The normalized spacial score (nSPS) is 17.6. The molecule has 24 heavy (non-hydrogen) atoms. The van der Waals surface area contributed by atoms with E-state index >= 15 is 0 Å². The summed E-state index contributed by atoms with van der Waals surface area (Å²) in [5.74, 6) is 0.610. The third-order valence-electron chi connectivity index (χ3n) is 3.98. The SMILES string of the molecule is COc1cccc(C(=O)N2CCOC(c3ccc(Cl)cc3Cl)C2)c1. The molecule has 1 heterocycles. The lowest BCUT2D eigenvalue weighted by Gasteiger charge is -2.33. The summed E-state index contributed by atoms with van der Waals surface area (Å²) >= 11 is 12.2. The van der Waals surface area contributed by atoms with Crippen LogP contribution in [0, 0.1) is 0 Å². The highest BCUT2D eigenvalue weighted by Gasteiger charge is 2.27. The Morgan fingerprint density at radius 2 is 2.08 bits per heavy atom. The summed E-state index contributed by atoms with van der Waals surface area (Å²) in [6, 6.07) is 12.4. The van der Waals surface area contributed by atoms with Crippen LogP contribution >= 0.6 is 23.2 Å². The summed E-state index contributed by atoms with van der Waals surface area (Å²) in [6.07, 6.45) is -0.266. The minimum Gasteiger partial charge on any atom is -0.497 e. The maximum Gasteiger partial charge on any atom is 0.254 e. The summed E-state index contributed by atoms with van der Waals surface area (Å²) in [4.78, 5) is 14.5. The van der Waals surface area contributed by atoms with Crippen molar-refractivity contribution in [3.05, 3.63) is 63.6 Å². The van der Waals surface area contributed by atoms with Crippen LogP contribution in [-0.2, 0) is 4.74 Å². The van der Waals surface area contributed by atoms with Crippen molar-refractivity contribution in [3.8, 4) is 5.75 Å². The minimum absolute atomic E-state index is 0.0488. The summed E-state index contributed by atoms with van der Waals surface area (Å²) in [6.45, 7) is 1.44. The molecule has 1 aliphatic rings. The minimum atomic E-state index is -0.266. The van der Waals surface area contributed by atoms with Crippen molar-refractivity contribution < 1.29 is 14.3 Å². The van der Waals surface area contributed by atoms with Gasteiger partial charge in [-0.3, -0.25) is 4.79 Å². The summed E-state index contributed by atoms with van der Waals surface area (Å²) in [5.41, 5.74) is 1.43. The van der Waals surface area contributed by atoms with Gasteiger partial charge in [-0.05, 0) is 30.3 Å². The Kier molecular flexibility index (Phi) is 5.29. The van der Waals surface area contributed by atoms with Gasteiger partial charge in [-0.1, -0.05) is 35.3 Å². The fourth-order valence-corrected chi connectivity index (χ4v) is 3.25. The number of nitrogens with zero attached hydrogens (tertiary/aromatic N) is 1. The Bertz CT molecular complexity index is 751. The van der Waals surface area contributed by atoms with Crippen LogP contribution in [0.2, 0.25) is 10.0 Å². The van der Waals surface area contributed by atoms with Gasteiger partial charge in [-0.2, -0.15) is 0 Å². The van der Waals surface area contributed by atoms with E-state index in [0.29, 0.717) is 41.1 Å². The van der Waals surface area contributed by atoms with Gasteiger partial charge in [-0.15, -0.1) is 0 Å². The zero-order valence-electron chi connectivity index (χ0n) is 13.2. The van der Waals surface area contributed by atoms with E-state index in [1.165, 1.54) is 0 Å². The average Bonchev–Trinajstić information content (AvgIpc) is 2.61. The molecule has 2 aromatic carbocycles. The molecule has 4 nitrogen and oxygen atoms in total. The molecule has 1 saturated heterocycles. The van der Waals surface area contributed by atoms with Crippen molar-refractivity contribution in [2.75, 3.05) is 26.8 Å². The second-order valence-electron chi connectivity index (χ2n) is 5.51. The third-order valence-corrected chi connectivity index (χ3v) is 4.54. The van der Waals surface area contributed by atoms with Gasteiger partial charge in [0.25, 0.3) is 5.91 Å². The highest BCUT2D eigenvalue weighted by Crippen LogP contribution is 2.31. The Morgan fingerprint density at radius 1 is 1.25 bits per heavy atom. The van der Waals surface area contributed by atoms with Crippen molar-refractivity contribution in [1.29, 1.82) is 0 Å². The van der Waals surface area contributed by atoms with Crippen LogP contribution in [0.1, 0.15) is 22.0 Å². The van der Waals surface area contributed by atoms with E-state index in [2.05, 4.69) is 0 Å². The second-order valence-corrected chi connectivity index (χ2v) is 6.35. The van der Waals surface area contributed by atoms with Gasteiger partial charge in [0.2, 0.25) is 0 Å². The molecule has 3 rings (SSSR count). The molecule has 2 aromatic rings. The van der Waals surface area contributed by atoms with Crippen molar-refractivity contribution in [3.63, 3.8) is 0 Å². The number of carbonyl (C=O) groups excluding carboxylic acids is 1. The number of rotatable bonds is 3. The van der Waals surface area contributed by atoms with Gasteiger partial charge < -0.3 is 14.4 Å². The zero-order valence-corrected chi connectivity index (χ0v) is 14.7. The van der Waals surface area contributed by atoms with E-state index in [0.717, 1.165) is 5.56 Å². The van der Waals surface area contributed by atoms with Gasteiger partial charge in [0.05, 0.1) is 20.3 Å². The summed E-state index contributed by atoms with van der Waals surface area (Å²) < 4.78 is 11.0. The monoisotopic (exact) mass is 365 g/mol. The molecule has 0 bridgehead atoms. The first-order valence-corrected chi connectivity index (χ1v) is 8.34. The standard InChI is InChI=1S/C18H17Cl2NO3/c1-23-14-4-2-3-12(9-14)18(22)21-7-8-24-17(11-21)15-6-5-13(19)10-16(15)20/h2-6,9-10,17H,7-8,11H2,1H3. The van der Waals surface area contributed by atoms with Crippen molar-refractivity contribution in [2.45, 2.75) is 6.10 Å². The summed E-state index contributed by atoms with van der Waals surface area (Å²) in [7, 11) is 1.58. The Hall–Kier alpha value is -1.75. The molecule has 1 atom stereocenters. The lowest BCUT2D eigenvalue weighted by atomic mass is 10.1. The van der Waals surface area contributed by atoms with Crippen LogP contribution in [-0.4, -0.2) is 37.6 Å². The first kappa shape index (κ1) is 17.1. The smallest absolute Gasteiger partial charge is 0.254 e. The van der Waals surface area contributed by atoms with Crippen molar-refractivity contribution in [2.24, 2.45) is 0 Å². The zero-order chi connectivity index (χ0) is 17.1. The van der Waals surface area contributed by atoms with E-state index < -0.39 is 0 Å². The molecule has 0 aliphatic carbocycles. The maximum absolute atomic E-state index is 12.7. The van der Waals surface area contributed by atoms with Gasteiger partial charge in [0, 0.05) is 27.7 Å². The number of hydrogen-bond donors (Lipinski definition) is 0. The number of amides is 1. The van der Waals surface area contributed by atoms with Crippen LogP contribution in [0.15, 0.2) is 42.5 Å². The molecule has 1 fully saturated rings. The molecular weight excluding hydrogens is 349 g/mol. The number of hydrogen-bond acceptors (Lipinski definition) is 3. The number of benzene rings is 2. The molecule has 1 amide bonds. The largest absolute Gasteiger partial charge is 0.497 e. The Balaban J connectivity index is 1.78. The van der Waals surface area contributed by atoms with Gasteiger partial charge in [0.1, 0.15) is 11.9 Å². The van der Waals surface area contributed by atoms with Crippen LogP contribution in [0.3, 0.4) is 0 Å². The fourth-order valence-electron chi connectivity index (χ4n) is 2.72. The summed E-state index contributed by atoms with van der Waals surface area (Å²) in [5, 5.41) is 1.12. The third kappa shape index (κ3) is 3.66. The molecule has 0 N–H and O–H groups in total. The topological polar surface area (TPSA) is 38.8 Å². The van der Waals surface area contributed by atoms with Crippen LogP contribution < -0.4 is 4.74 Å². The van der Waals surface area contributed by atoms with Crippen LogP contribution in [0.25, 0.3) is 0 Å². The molecule has 0 aromatic heterocycles. The van der Waals surface area contributed by atoms with E-state index in [1.807, 2.05) is 12.1 Å². The van der Waals surface area contributed by atoms with Crippen molar-refractivity contribution in [1.82, 2.24) is 4.90 Å². The average molecular weight is 366 g/mol. The lowest BCUT2D eigenvalue weighted by Crippen LogP contribution is -2.42. The molecule has 1 aliphatic heterocycles. The molecule has 126 valence electrons. The Labute approximate surface area is 150 Å². The van der Waals surface area contributed by atoms with Crippen LogP contribution in [0.4, 0.5) is 0 Å². The Morgan fingerprint density at radius 3 is 2.83 bits per heavy atom. The first-order chi connectivity index (χ1) is 11.6. The quantitative estimate of drug-likeness (QED) is 0.817. The maximum atomic E-state index is 12.7. The van der Waals surface area contributed by atoms with E-state index in [9.17, 15) is 4.79 Å². The first-order valence-electron chi connectivity index (χ1n) is 7.58. The van der Waals surface area contributed by atoms with E-state index in [4.69, 9.17) is 32.7 Å². The van der Waals surface area contributed by atoms with Crippen molar-refractivity contribution >= 4 is 29.1 Å². The predicted octanol–water partition coefficient (Wildman–Crippen LogP) is 4.22. The highest BCUT2D eigenvalue weighted by molar-refractivity contribution is 6.35. The predicted molar refractivity (Wildman–Crippen MR) is 94.1 cm³/mol. The number of methoxy groups -OCH3 is 1. The van der Waals surface area contributed by atoms with Gasteiger partial charge in [-0.25, -0.2) is 0 Å². The van der Waals surface area contributed by atoms with E-state index in [1.54, 1.807) is 42.3 Å². The second kappa shape index (κ2) is 7.43. The molecule has 1 unspecified atom stereocenters. The van der Waals surface area contributed by atoms with Gasteiger partial charge >= 0.3 is 0 Å². The molecule has 6 heteroatoms. The number of ether oxygens (including phenoxy) is 2. The number of carbonyl (C=O) groups is 1.